The Bertz CT molecular complexity index is 352. The molecule has 0 aromatic carbocycles. The summed E-state index contributed by atoms with van der Waals surface area (Å²) in [6.07, 6.45) is 14.5. The molecule has 1 rings (SSSR count). The molecular weight excluding hydrogens is 357 g/mol. The molecule has 0 aromatic rings. The Balaban J connectivity index is 0.00000289. The largest absolute Gasteiger partial charge is 1.00 e. The van der Waals surface area contributed by atoms with Crippen molar-refractivity contribution in [1.29, 1.82) is 0 Å². The van der Waals surface area contributed by atoms with Crippen LogP contribution >= 0.6 is 22.6 Å². The molecule has 0 bridgehead atoms. The van der Waals surface area contributed by atoms with Gasteiger partial charge in [-0.05, 0) is 25.7 Å². The molecule has 0 aliphatic heterocycles. The Morgan fingerprint density at radius 2 is 1.94 bits per heavy atom. The quantitative estimate of drug-likeness (QED) is 0.281. The van der Waals surface area contributed by atoms with E-state index in [-0.39, 0.29) is 15.8 Å². The van der Waals surface area contributed by atoms with Crippen molar-refractivity contribution in [2.75, 3.05) is 26.2 Å². The molecule has 2 atom stereocenters. The maximum absolute atomic E-state index is 5.55. The number of quaternary nitrogens is 1. The predicted octanol–water partition coefficient (Wildman–Crippen LogP) is 0.416. The van der Waals surface area contributed by atoms with Gasteiger partial charge in [0.05, 0.1) is 23.1 Å². The highest BCUT2D eigenvalue weighted by Crippen LogP contribution is 2.36. The lowest BCUT2D eigenvalue weighted by Crippen LogP contribution is -3.00. The maximum atomic E-state index is 5.55. The van der Waals surface area contributed by atoms with Crippen molar-refractivity contribution in [2.24, 2.45) is 5.92 Å². The summed E-state index contributed by atoms with van der Waals surface area (Å²) >= 11 is 2.61. The number of alkyl halides is 1. The third-order valence-corrected chi connectivity index (χ3v) is 5.67. The third-order valence-electron chi connectivity index (χ3n) is 3.99. The predicted molar refractivity (Wildman–Crippen MR) is 84.1 cm³/mol. The molecule has 0 N–H and O–H groups in total. The molecule has 0 radical (unpaired) electrons. The van der Waals surface area contributed by atoms with Gasteiger partial charge in [-0.2, -0.15) is 0 Å². The molecular formula is C15H23ClIN. The molecule has 18 heavy (non-hydrogen) atoms. The summed E-state index contributed by atoms with van der Waals surface area (Å²) in [6.45, 7) is 10.9. The Morgan fingerprint density at radius 1 is 1.33 bits per heavy atom. The number of hydrogen-bond donors (Lipinski definition) is 0. The van der Waals surface area contributed by atoms with Crippen LogP contribution in [0.1, 0.15) is 20.8 Å². The van der Waals surface area contributed by atoms with Crippen LogP contribution in [0.3, 0.4) is 0 Å². The van der Waals surface area contributed by atoms with Crippen LogP contribution in [0.15, 0.2) is 24.3 Å². The summed E-state index contributed by atoms with van der Waals surface area (Å²) < 4.78 is 1.22. The zero-order valence-corrected chi connectivity index (χ0v) is 14.4. The zero-order valence-electron chi connectivity index (χ0n) is 11.5. The van der Waals surface area contributed by atoms with E-state index in [1.54, 1.807) is 0 Å². The summed E-state index contributed by atoms with van der Waals surface area (Å²) in [6, 6.07) is 0. The van der Waals surface area contributed by atoms with E-state index in [9.17, 15) is 0 Å². The molecule has 102 valence electrons. The minimum Gasteiger partial charge on any atom is -1.00 e. The molecule has 0 amide bonds. The first-order chi connectivity index (χ1) is 8.02. The highest BCUT2D eigenvalue weighted by Gasteiger charge is 2.39. The van der Waals surface area contributed by atoms with Gasteiger partial charge in [0.2, 0.25) is 0 Å². The van der Waals surface area contributed by atoms with Crippen molar-refractivity contribution < 1.29 is 16.9 Å². The van der Waals surface area contributed by atoms with E-state index in [2.05, 4.69) is 73.6 Å². The summed E-state index contributed by atoms with van der Waals surface area (Å²) in [7, 11) is 0. The van der Waals surface area contributed by atoms with E-state index >= 15 is 0 Å². The van der Waals surface area contributed by atoms with Gasteiger partial charge in [0.1, 0.15) is 6.54 Å². The number of nitrogens with zero attached hydrogens (tertiary/aromatic N) is 1. The van der Waals surface area contributed by atoms with Gasteiger partial charge in [-0.3, -0.25) is 0 Å². The van der Waals surface area contributed by atoms with Gasteiger partial charge in [0.15, 0.2) is 0 Å². The van der Waals surface area contributed by atoms with Gasteiger partial charge in [-0.25, -0.2) is 0 Å². The molecule has 0 aromatic heterocycles. The first-order valence-corrected chi connectivity index (χ1v) is 7.43. The van der Waals surface area contributed by atoms with E-state index < -0.39 is 0 Å². The summed E-state index contributed by atoms with van der Waals surface area (Å²) in [5.41, 5.74) is 0. The third kappa shape index (κ3) is 4.01. The van der Waals surface area contributed by atoms with Crippen molar-refractivity contribution in [3.63, 3.8) is 0 Å². The van der Waals surface area contributed by atoms with Crippen molar-refractivity contribution in [3.05, 3.63) is 24.3 Å². The van der Waals surface area contributed by atoms with Crippen LogP contribution in [0.4, 0.5) is 0 Å². The van der Waals surface area contributed by atoms with E-state index in [4.69, 9.17) is 6.42 Å². The number of allylic oxidation sites excluding steroid dienone is 3. The Hall–Kier alpha value is 0.0200. The van der Waals surface area contributed by atoms with Gasteiger partial charge >= 0.3 is 0 Å². The van der Waals surface area contributed by atoms with Crippen molar-refractivity contribution in [3.8, 4) is 12.3 Å². The van der Waals surface area contributed by atoms with Gasteiger partial charge in [0, 0.05) is 0 Å². The molecule has 0 spiro atoms. The standard InChI is InChI=1S/C15H23IN.ClH/c1-5-12-17(6-2,7-3)13-15(16)11-9-8-10-14(15)4;/h1,8-11,14H,6-7,12-13H2,2-4H3;1H/q+1;/p-1. The molecule has 2 unspecified atom stereocenters. The van der Waals surface area contributed by atoms with E-state index in [1.165, 1.54) is 0 Å². The number of terminal acetylenes is 1. The summed E-state index contributed by atoms with van der Waals surface area (Å²) in [5, 5.41) is 0. The molecule has 1 aliphatic carbocycles. The SMILES string of the molecule is C#CC[N+](CC)(CC)CC1(I)C=CC=CC1C.[Cl-]. The molecule has 1 aliphatic rings. The lowest BCUT2D eigenvalue weighted by Gasteiger charge is -2.43. The Labute approximate surface area is 132 Å². The molecule has 0 fully saturated rings. The van der Waals surface area contributed by atoms with Gasteiger partial charge < -0.3 is 16.9 Å². The molecule has 0 saturated heterocycles. The average Bonchev–Trinajstić information content (AvgIpc) is 2.33. The van der Waals surface area contributed by atoms with Crippen molar-refractivity contribution in [1.82, 2.24) is 0 Å². The zero-order chi connectivity index (χ0) is 12.9. The molecule has 3 heteroatoms. The highest BCUT2D eigenvalue weighted by molar-refractivity contribution is 14.1. The average molecular weight is 380 g/mol. The lowest BCUT2D eigenvalue weighted by atomic mass is 9.88. The minimum atomic E-state index is 0. The first-order valence-electron chi connectivity index (χ1n) is 6.35. The van der Waals surface area contributed by atoms with Crippen LogP contribution in [0.25, 0.3) is 0 Å². The van der Waals surface area contributed by atoms with Crippen molar-refractivity contribution in [2.45, 2.75) is 24.2 Å². The van der Waals surface area contributed by atoms with Crippen LogP contribution in [0.2, 0.25) is 0 Å². The van der Waals surface area contributed by atoms with E-state index in [0.717, 1.165) is 30.7 Å². The number of halogens is 2. The van der Waals surface area contributed by atoms with E-state index in [0.29, 0.717) is 5.92 Å². The van der Waals surface area contributed by atoms with Crippen LogP contribution in [-0.2, 0) is 0 Å². The van der Waals surface area contributed by atoms with E-state index in [1.807, 2.05) is 0 Å². The molecule has 0 saturated carbocycles. The fourth-order valence-electron chi connectivity index (χ4n) is 2.39. The van der Waals surface area contributed by atoms with Crippen LogP contribution in [-0.4, -0.2) is 34.1 Å². The lowest BCUT2D eigenvalue weighted by molar-refractivity contribution is -0.919. The maximum Gasteiger partial charge on any atom is 0.140 e. The highest BCUT2D eigenvalue weighted by atomic mass is 127. The monoisotopic (exact) mass is 379 g/mol. The van der Waals surface area contributed by atoms with Gasteiger partial charge in [-0.1, -0.05) is 53.8 Å². The van der Waals surface area contributed by atoms with Crippen LogP contribution in [0, 0.1) is 18.3 Å². The second kappa shape index (κ2) is 7.57. The van der Waals surface area contributed by atoms with Crippen molar-refractivity contribution >= 4 is 22.6 Å². The smallest absolute Gasteiger partial charge is 0.140 e. The Kier molecular flexibility index (Phi) is 7.58. The van der Waals surface area contributed by atoms with Crippen LogP contribution in [0.5, 0.6) is 0 Å². The molecule has 0 heterocycles. The number of hydrogen-bond acceptors (Lipinski definition) is 0. The Morgan fingerprint density at radius 3 is 2.39 bits per heavy atom. The topological polar surface area (TPSA) is 0 Å². The van der Waals surface area contributed by atoms with Crippen LogP contribution < -0.4 is 12.4 Å². The van der Waals surface area contributed by atoms with Gasteiger partial charge in [-0.15, -0.1) is 6.42 Å². The first kappa shape index (κ1) is 18.0. The molecule has 1 nitrogen and oxygen atoms in total. The second-order valence-electron chi connectivity index (χ2n) is 4.95. The summed E-state index contributed by atoms with van der Waals surface area (Å²) in [5.74, 6) is 3.43. The fourth-order valence-corrected chi connectivity index (χ4v) is 3.53. The second-order valence-corrected chi connectivity index (χ2v) is 6.96. The minimum absolute atomic E-state index is 0. The summed E-state index contributed by atoms with van der Waals surface area (Å²) in [4.78, 5) is 0. The normalized spacial score (nSPS) is 26.5. The van der Waals surface area contributed by atoms with Gasteiger partial charge in [0.25, 0.3) is 0 Å². The fraction of sp³-hybridized carbons (Fsp3) is 0.600. The number of rotatable bonds is 5.